The summed E-state index contributed by atoms with van der Waals surface area (Å²) < 4.78 is 5.09. The Morgan fingerprint density at radius 1 is 1.07 bits per heavy atom. The molecule has 3 aromatic rings. The highest BCUT2D eigenvalue weighted by atomic mass is 32.1. The van der Waals surface area contributed by atoms with Crippen LogP contribution in [0.1, 0.15) is 44.2 Å². The summed E-state index contributed by atoms with van der Waals surface area (Å²) in [7, 11) is 0. The molecule has 0 atom stereocenters. The first kappa shape index (κ1) is 19.9. The Labute approximate surface area is 177 Å². The molecule has 1 aliphatic rings. The summed E-state index contributed by atoms with van der Waals surface area (Å²) in [6, 6.07) is 12.3. The molecule has 0 bridgehead atoms. The standard InChI is InChI=1S/C22H21N3O4S/c1-13-10-18(25-20(26)15-7-8-15)30-19(13)22(28)23-12-14-4-2-5-16(11-14)24-21(27)17-6-3-9-29-17/h2-6,9-11,15H,7-8,12H2,1H3,(H,23,28)(H,24,27)(H,25,26). The first-order valence-electron chi connectivity index (χ1n) is 9.63. The van der Waals surface area contributed by atoms with Gasteiger partial charge in [-0.1, -0.05) is 12.1 Å². The predicted molar refractivity (Wildman–Crippen MR) is 115 cm³/mol. The van der Waals surface area contributed by atoms with E-state index in [-0.39, 0.29) is 29.4 Å². The van der Waals surface area contributed by atoms with Gasteiger partial charge >= 0.3 is 0 Å². The third-order valence-corrected chi connectivity index (χ3v) is 5.85. The van der Waals surface area contributed by atoms with Crippen LogP contribution in [0.3, 0.4) is 0 Å². The molecule has 1 saturated carbocycles. The molecule has 30 heavy (non-hydrogen) atoms. The van der Waals surface area contributed by atoms with Gasteiger partial charge in [-0.05, 0) is 61.2 Å². The predicted octanol–water partition coefficient (Wildman–Crippen LogP) is 4.18. The van der Waals surface area contributed by atoms with Crippen LogP contribution in [-0.4, -0.2) is 17.7 Å². The zero-order valence-corrected chi connectivity index (χ0v) is 17.2. The number of anilines is 2. The molecule has 0 unspecified atom stereocenters. The minimum Gasteiger partial charge on any atom is -0.459 e. The van der Waals surface area contributed by atoms with Gasteiger partial charge in [0.25, 0.3) is 11.8 Å². The van der Waals surface area contributed by atoms with Crippen molar-refractivity contribution in [2.24, 2.45) is 5.92 Å². The van der Waals surface area contributed by atoms with Gasteiger partial charge in [0, 0.05) is 18.2 Å². The Bertz CT molecular complexity index is 1080. The fourth-order valence-electron chi connectivity index (χ4n) is 2.96. The summed E-state index contributed by atoms with van der Waals surface area (Å²) in [4.78, 5) is 37.2. The Balaban J connectivity index is 1.35. The van der Waals surface area contributed by atoms with Crippen molar-refractivity contribution >= 4 is 39.7 Å². The van der Waals surface area contributed by atoms with E-state index in [1.807, 2.05) is 19.1 Å². The fraction of sp³-hybridized carbons (Fsp3) is 0.227. The summed E-state index contributed by atoms with van der Waals surface area (Å²) in [6.07, 6.45) is 3.31. The number of nitrogens with one attached hydrogen (secondary N) is 3. The molecular weight excluding hydrogens is 402 g/mol. The summed E-state index contributed by atoms with van der Waals surface area (Å²) >= 11 is 1.27. The third kappa shape index (κ3) is 4.77. The van der Waals surface area contributed by atoms with Crippen molar-refractivity contribution < 1.29 is 18.8 Å². The van der Waals surface area contributed by atoms with E-state index in [1.165, 1.54) is 17.6 Å². The van der Waals surface area contributed by atoms with Crippen molar-refractivity contribution in [3.8, 4) is 0 Å². The number of thiophene rings is 1. The first-order valence-corrected chi connectivity index (χ1v) is 10.4. The monoisotopic (exact) mass is 423 g/mol. The lowest BCUT2D eigenvalue weighted by atomic mass is 10.2. The number of furan rings is 1. The lowest BCUT2D eigenvalue weighted by Gasteiger charge is -2.08. The van der Waals surface area contributed by atoms with Gasteiger partial charge < -0.3 is 20.4 Å². The van der Waals surface area contributed by atoms with E-state index in [9.17, 15) is 14.4 Å². The molecule has 1 fully saturated rings. The Hall–Kier alpha value is -3.39. The van der Waals surface area contributed by atoms with Gasteiger partial charge in [-0.25, -0.2) is 0 Å². The number of hydrogen-bond acceptors (Lipinski definition) is 5. The van der Waals surface area contributed by atoms with Gasteiger partial charge in [0.05, 0.1) is 16.1 Å². The molecular formula is C22H21N3O4S. The SMILES string of the molecule is Cc1cc(NC(=O)C2CC2)sc1C(=O)NCc1cccc(NC(=O)c2ccco2)c1. The summed E-state index contributed by atoms with van der Waals surface area (Å²) in [5.74, 6) is -0.168. The first-order chi connectivity index (χ1) is 14.5. The van der Waals surface area contributed by atoms with Gasteiger partial charge in [0.2, 0.25) is 5.91 Å². The highest BCUT2D eigenvalue weighted by molar-refractivity contribution is 7.18. The van der Waals surface area contributed by atoms with Crippen LogP contribution in [0.4, 0.5) is 10.7 Å². The number of carbonyl (C=O) groups is 3. The van der Waals surface area contributed by atoms with Crippen LogP contribution in [-0.2, 0) is 11.3 Å². The second kappa shape index (κ2) is 8.54. The minimum absolute atomic E-state index is 0.0246. The molecule has 3 amide bonds. The maximum atomic E-state index is 12.6. The van der Waals surface area contributed by atoms with Crippen molar-refractivity contribution in [1.82, 2.24) is 5.32 Å². The lowest BCUT2D eigenvalue weighted by Crippen LogP contribution is -2.22. The van der Waals surface area contributed by atoms with Crippen molar-refractivity contribution in [3.63, 3.8) is 0 Å². The van der Waals surface area contributed by atoms with Crippen molar-refractivity contribution in [1.29, 1.82) is 0 Å². The van der Waals surface area contributed by atoms with Gasteiger partial charge in [0.15, 0.2) is 5.76 Å². The fourth-order valence-corrected chi connectivity index (χ4v) is 3.95. The largest absolute Gasteiger partial charge is 0.459 e. The van der Waals surface area contributed by atoms with E-state index in [1.54, 1.807) is 30.3 Å². The van der Waals surface area contributed by atoms with E-state index in [2.05, 4.69) is 16.0 Å². The number of carbonyl (C=O) groups excluding carboxylic acids is 3. The average molecular weight is 423 g/mol. The molecule has 0 spiro atoms. The molecule has 8 heteroatoms. The molecule has 0 saturated heterocycles. The third-order valence-electron chi connectivity index (χ3n) is 4.70. The zero-order valence-electron chi connectivity index (χ0n) is 16.4. The Morgan fingerprint density at radius 3 is 2.63 bits per heavy atom. The van der Waals surface area contributed by atoms with Gasteiger partial charge in [-0.15, -0.1) is 11.3 Å². The highest BCUT2D eigenvalue weighted by Crippen LogP contribution is 2.32. The summed E-state index contributed by atoms with van der Waals surface area (Å²) in [5.41, 5.74) is 2.28. The maximum absolute atomic E-state index is 12.6. The molecule has 154 valence electrons. The second-order valence-corrected chi connectivity index (χ2v) is 8.25. The number of amides is 3. The molecule has 2 heterocycles. The van der Waals surface area contributed by atoms with Crippen molar-refractivity contribution in [3.05, 3.63) is 70.5 Å². The van der Waals surface area contributed by atoms with Gasteiger partial charge in [0.1, 0.15) is 0 Å². The van der Waals surface area contributed by atoms with E-state index < -0.39 is 0 Å². The maximum Gasteiger partial charge on any atom is 0.291 e. The van der Waals surface area contributed by atoms with Crippen LogP contribution < -0.4 is 16.0 Å². The summed E-state index contributed by atoms with van der Waals surface area (Å²) in [5, 5.41) is 9.23. The van der Waals surface area contributed by atoms with Crippen LogP contribution in [0, 0.1) is 12.8 Å². The van der Waals surface area contributed by atoms with Crippen LogP contribution in [0.25, 0.3) is 0 Å². The van der Waals surface area contributed by atoms with Crippen LogP contribution in [0.2, 0.25) is 0 Å². The van der Waals surface area contributed by atoms with Gasteiger partial charge in [-0.2, -0.15) is 0 Å². The van der Waals surface area contributed by atoms with Crippen molar-refractivity contribution in [2.45, 2.75) is 26.3 Å². The van der Waals surface area contributed by atoms with Crippen LogP contribution >= 0.6 is 11.3 Å². The molecule has 1 aliphatic carbocycles. The van der Waals surface area contributed by atoms with E-state index in [0.717, 1.165) is 24.0 Å². The van der Waals surface area contributed by atoms with Gasteiger partial charge in [-0.3, -0.25) is 14.4 Å². The summed E-state index contributed by atoms with van der Waals surface area (Å²) in [6.45, 7) is 2.16. The number of hydrogen-bond donors (Lipinski definition) is 3. The molecule has 0 aliphatic heterocycles. The van der Waals surface area contributed by atoms with Crippen LogP contribution in [0.15, 0.2) is 53.1 Å². The second-order valence-electron chi connectivity index (χ2n) is 7.20. The topological polar surface area (TPSA) is 100 Å². The normalized spacial score (nSPS) is 13.0. The number of benzene rings is 1. The van der Waals surface area contributed by atoms with Crippen LogP contribution in [0.5, 0.6) is 0 Å². The number of aryl methyl sites for hydroxylation is 1. The molecule has 4 rings (SSSR count). The highest BCUT2D eigenvalue weighted by Gasteiger charge is 2.30. The quantitative estimate of drug-likeness (QED) is 0.531. The Kier molecular flexibility index (Phi) is 5.67. The molecule has 3 N–H and O–H groups in total. The smallest absolute Gasteiger partial charge is 0.291 e. The molecule has 1 aromatic carbocycles. The Morgan fingerprint density at radius 2 is 1.90 bits per heavy atom. The molecule has 2 aromatic heterocycles. The lowest BCUT2D eigenvalue weighted by molar-refractivity contribution is -0.117. The van der Waals surface area contributed by atoms with E-state index in [4.69, 9.17) is 4.42 Å². The average Bonchev–Trinajstić information content (AvgIpc) is 3.31. The van der Waals surface area contributed by atoms with Crippen molar-refractivity contribution in [2.75, 3.05) is 10.6 Å². The zero-order chi connectivity index (χ0) is 21.1. The molecule has 7 nitrogen and oxygen atoms in total. The minimum atomic E-state index is -0.337. The number of rotatable bonds is 7. The van der Waals surface area contributed by atoms with E-state index in [0.29, 0.717) is 22.1 Å². The molecule has 0 radical (unpaired) electrons. The van der Waals surface area contributed by atoms with E-state index >= 15 is 0 Å².